The van der Waals surface area contributed by atoms with Crippen LogP contribution in [-0.4, -0.2) is 34.8 Å². The first-order valence-electron chi connectivity index (χ1n) is 5.86. The van der Waals surface area contributed by atoms with Crippen LogP contribution in [0, 0.1) is 0 Å². The zero-order valence-corrected chi connectivity index (χ0v) is 9.56. The Morgan fingerprint density at radius 3 is 2.43 bits per heavy atom. The Morgan fingerprint density at radius 1 is 1.00 bits per heavy atom. The molecule has 0 radical (unpaired) electrons. The first-order valence-corrected chi connectivity index (χ1v) is 7.02. The van der Waals surface area contributed by atoms with Gasteiger partial charge < -0.3 is 10.4 Å². The van der Waals surface area contributed by atoms with Gasteiger partial charge >= 0.3 is 0 Å². The van der Waals surface area contributed by atoms with Gasteiger partial charge in [-0.15, -0.1) is 0 Å². The second kappa shape index (κ2) is 5.38. The molecule has 0 aromatic heterocycles. The lowest BCUT2D eigenvalue weighted by molar-refractivity contribution is 0.114. The topological polar surface area (TPSA) is 32.3 Å². The summed E-state index contributed by atoms with van der Waals surface area (Å²) in [7, 11) is 0. The second-order valence-electron chi connectivity index (χ2n) is 4.59. The fourth-order valence-electron chi connectivity index (χ4n) is 2.45. The molecule has 0 aromatic rings. The summed E-state index contributed by atoms with van der Waals surface area (Å²) in [5.41, 5.74) is 0. The number of hydrogen-bond donors (Lipinski definition) is 2. The second-order valence-corrected chi connectivity index (χ2v) is 5.74. The van der Waals surface area contributed by atoms with Gasteiger partial charge in [0.05, 0.1) is 6.10 Å². The molecule has 1 aliphatic heterocycles. The average Bonchev–Trinajstić information content (AvgIpc) is 2.23. The Hall–Kier alpha value is 0.270. The molecular formula is C11H21NOS. The molecule has 3 heteroatoms. The lowest BCUT2D eigenvalue weighted by Gasteiger charge is -2.32. The van der Waals surface area contributed by atoms with Crippen molar-refractivity contribution in [3.8, 4) is 0 Å². The van der Waals surface area contributed by atoms with Crippen LogP contribution >= 0.6 is 11.8 Å². The van der Waals surface area contributed by atoms with E-state index in [1.54, 1.807) is 0 Å². The quantitative estimate of drug-likeness (QED) is 0.736. The average molecular weight is 215 g/mol. The van der Waals surface area contributed by atoms with Crippen molar-refractivity contribution in [3.63, 3.8) is 0 Å². The lowest BCUT2D eigenvalue weighted by atomic mass is 9.92. The van der Waals surface area contributed by atoms with Crippen LogP contribution in [0.15, 0.2) is 0 Å². The first-order chi connectivity index (χ1) is 6.84. The highest BCUT2D eigenvalue weighted by Gasteiger charge is 2.22. The van der Waals surface area contributed by atoms with E-state index in [1.165, 1.54) is 37.2 Å². The molecule has 1 heterocycles. The zero-order chi connectivity index (χ0) is 9.80. The predicted molar refractivity (Wildman–Crippen MR) is 61.7 cm³/mol. The summed E-state index contributed by atoms with van der Waals surface area (Å²) in [5.74, 6) is 2.64. The van der Waals surface area contributed by atoms with E-state index >= 15 is 0 Å². The number of nitrogens with one attached hydrogen (secondary N) is 1. The molecule has 0 amide bonds. The van der Waals surface area contributed by atoms with Gasteiger partial charge in [0.15, 0.2) is 0 Å². The SMILES string of the molecule is OC1CCC(NC2CCCSC2)CC1. The summed E-state index contributed by atoms with van der Waals surface area (Å²) < 4.78 is 0. The fraction of sp³-hybridized carbons (Fsp3) is 1.00. The van der Waals surface area contributed by atoms with Crippen LogP contribution < -0.4 is 5.32 Å². The van der Waals surface area contributed by atoms with Gasteiger partial charge in [0, 0.05) is 17.8 Å². The maximum Gasteiger partial charge on any atom is 0.0541 e. The molecule has 0 aromatic carbocycles. The Labute approximate surface area is 90.8 Å². The molecule has 1 saturated carbocycles. The molecule has 2 aliphatic rings. The monoisotopic (exact) mass is 215 g/mol. The lowest BCUT2D eigenvalue weighted by Crippen LogP contribution is -2.43. The first kappa shape index (κ1) is 10.8. The van der Waals surface area contributed by atoms with Gasteiger partial charge in [-0.25, -0.2) is 0 Å². The maximum absolute atomic E-state index is 9.40. The highest BCUT2D eigenvalue weighted by atomic mass is 32.2. The third-order valence-electron chi connectivity index (χ3n) is 3.33. The Kier molecular flexibility index (Phi) is 4.14. The summed E-state index contributed by atoms with van der Waals surface area (Å²) in [6, 6.07) is 1.43. The molecule has 2 rings (SSSR count). The van der Waals surface area contributed by atoms with Gasteiger partial charge in [-0.3, -0.25) is 0 Å². The van der Waals surface area contributed by atoms with Gasteiger partial charge in [0.2, 0.25) is 0 Å². The molecule has 2 nitrogen and oxygen atoms in total. The van der Waals surface area contributed by atoms with E-state index in [1.807, 2.05) is 0 Å². The summed E-state index contributed by atoms with van der Waals surface area (Å²) in [6.45, 7) is 0. The summed E-state index contributed by atoms with van der Waals surface area (Å²) in [4.78, 5) is 0. The van der Waals surface area contributed by atoms with Crippen molar-refractivity contribution in [2.75, 3.05) is 11.5 Å². The van der Waals surface area contributed by atoms with Gasteiger partial charge in [0.1, 0.15) is 0 Å². The molecule has 1 saturated heterocycles. The van der Waals surface area contributed by atoms with Crippen LogP contribution in [0.4, 0.5) is 0 Å². The number of thioether (sulfide) groups is 1. The van der Waals surface area contributed by atoms with E-state index in [9.17, 15) is 5.11 Å². The highest BCUT2D eigenvalue weighted by molar-refractivity contribution is 7.99. The van der Waals surface area contributed by atoms with Crippen molar-refractivity contribution in [2.24, 2.45) is 0 Å². The molecule has 82 valence electrons. The van der Waals surface area contributed by atoms with Crippen LogP contribution in [0.2, 0.25) is 0 Å². The van der Waals surface area contributed by atoms with Crippen molar-refractivity contribution in [2.45, 2.75) is 56.7 Å². The summed E-state index contributed by atoms with van der Waals surface area (Å²) in [5, 5.41) is 13.1. The Balaban J connectivity index is 1.68. The minimum atomic E-state index is -0.0196. The number of aliphatic hydroxyl groups excluding tert-OH is 1. The predicted octanol–water partition coefficient (Wildman–Crippen LogP) is 1.78. The van der Waals surface area contributed by atoms with E-state index in [4.69, 9.17) is 0 Å². The molecule has 2 N–H and O–H groups in total. The summed E-state index contributed by atoms with van der Waals surface area (Å²) in [6.07, 6.45) is 7.04. The van der Waals surface area contributed by atoms with Gasteiger partial charge in [-0.2, -0.15) is 11.8 Å². The normalized spacial score (nSPS) is 39.6. The smallest absolute Gasteiger partial charge is 0.0541 e. The molecule has 14 heavy (non-hydrogen) atoms. The number of aliphatic hydroxyl groups is 1. The number of rotatable bonds is 2. The molecule has 0 bridgehead atoms. The Bertz CT molecular complexity index is 163. The molecular weight excluding hydrogens is 194 g/mol. The van der Waals surface area contributed by atoms with E-state index < -0.39 is 0 Å². The van der Waals surface area contributed by atoms with Gasteiger partial charge in [-0.1, -0.05) is 0 Å². The maximum atomic E-state index is 9.40. The van der Waals surface area contributed by atoms with E-state index in [0.717, 1.165) is 18.9 Å². The minimum Gasteiger partial charge on any atom is -0.393 e. The fourth-order valence-corrected chi connectivity index (χ4v) is 3.53. The molecule has 1 atom stereocenters. The summed E-state index contributed by atoms with van der Waals surface area (Å²) >= 11 is 2.08. The van der Waals surface area contributed by atoms with Crippen LogP contribution in [0.3, 0.4) is 0 Å². The third-order valence-corrected chi connectivity index (χ3v) is 4.54. The van der Waals surface area contributed by atoms with E-state index in [2.05, 4.69) is 17.1 Å². The zero-order valence-electron chi connectivity index (χ0n) is 8.74. The molecule has 0 spiro atoms. The van der Waals surface area contributed by atoms with Crippen molar-refractivity contribution < 1.29 is 5.11 Å². The van der Waals surface area contributed by atoms with Crippen molar-refractivity contribution in [1.29, 1.82) is 0 Å². The highest BCUT2D eigenvalue weighted by Crippen LogP contribution is 2.22. The third kappa shape index (κ3) is 3.14. The van der Waals surface area contributed by atoms with Crippen molar-refractivity contribution in [3.05, 3.63) is 0 Å². The van der Waals surface area contributed by atoms with E-state index in [-0.39, 0.29) is 6.10 Å². The van der Waals surface area contributed by atoms with Crippen LogP contribution in [0.5, 0.6) is 0 Å². The molecule has 1 unspecified atom stereocenters. The molecule has 2 fully saturated rings. The van der Waals surface area contributed by atoms with Crippen LogP contribution in [0.25, 0.3) is 0 Å². The minimum absolute atomic E-state index is 0.0196. The van der Waals surface area contributed by atoms with Crippen LogP contribution in [-0.2, 0) is 0 Å². The molecule has 1 aliphatic carbocycles. The standard InChI is InChI=1S/C11H21NOS/c13-11-5-3-9(4-6-11)12-10-2-1-7-14-8-10/h9-13H,1-8H2. The Morgan fingerprint density at radius 2 is 1.79 bits per heavy atom. The van der Waals surface area contributed by atoms with E-state index in [0.29, 0.717) is 6.04 Å². The van der Waals surface area contributed by atoms with Crippen LogP contribution in [0.1, 0.15) is 38.5 Å². The van der Waals surface area contributed by atoms with Gasteiger partial charge in [-0.05, 0) is 44.3 Å². The van der Waals surface area contributed by atoms with Crippen molar-refractivity contribution >= 4 is 11.8 Å². The number of hydrogen-bond acceptors (Lipinski definition) is 3. The largest absolute Gasteiger partial charge is 0.393 e. The van der Waals surface area contributed by atoms with Crippen molar-refractivity contribution in [1.82, 2.24) is 5.32 Å². The van der Waals surface area contributed by atoms with Gasteiger partial charge in [0.25, 0.3) is 0 Å².